The van der Waals surface area contributed by atoms with Gasteiger partial charge in [0.15, 0.2) is 0 Å². The number of rotatable bonds is 3. The predicted octanol–water partition coefficient (Wildman–Crippen LogP) is 2.67. The Bertz CT molecular complexity index is 652. The summed E-state index contributed by atoms with van der Waals surface area (Å²) < 4.78 is 40.3. The van der Waals surface area contributed by atoms with Crippen LogP contribution in [0.1, 0.15) is 35.7 Å². The lowest BCUT2D eigenvalue weighted by Gasteiger charge is -2.26. The van der Waals surface area contributed by atoms with Crippen LogP contribution < -0.4 is 5.73 Å². The van der Waals surface area contributed by atoms with Crippen molar-refractivity contribution in [1.82, 2.24) is 4.98 Å². The van der Waals surface area contributed by atoms with E-state index >= 15 is 0 Å². The van der Waals surface area contributed by atoms with Gasteiger partial charge in [0.1, 0.15) is 11.1 Å². The summed E-state index contributed by atoms with van der Waals surface area (Å²) in [6.07, 6.45) is -3.18. The molecule has 0 aliphatic heterocycles. The van der Waals surface area contributed by atoms with Crippen LogP contribution in [-0.4, -0.2) is 16.6 Å². The van der Waals surface area contributed by atoms with E-state index in [4.69, 9.17) is 5.73 Å². The molecule has 0 fully saturated rings. The molecule has 0 unspecified atom stereocenters. The van der Waals surface area contributed by atoms with Gasteiger partial charge in [-0.25, -0.2) is 4.98 Å². The number of alkyl halides is 3. The highest BCUT2D eigenvalue weighted by molar-refractivity contribution is 8.00. The Labute approximate surface area is 129 Å². The molecule has 4 nitrogen and oxygen atoms in total. The van der Waals surface area contributed by atoms with Gasteiger partial charge in [0.05, 0.1) is 16.9 Å². The first-order chi connectivity index (χ1) is 10.2. The Morgan fingerprint density at radius 2 is 2.23 bits per heavy atom. The van der Waals surface area contributed by atoms with Crippen molar-refractivity contribution >= 4 is 17.7 Å². The van der Waals surface area contributed by atoms with Gasteiger partial charge in [0.2, 0.25) is 5.91 Å². The summed E-state index contributed by atoms with van der Waals surface area (Å²) in [6, 6.07) is 1.60. The molecule has 0 aromatic carbocycles. The molecular formula is C14H14F3N3OS. The molecule has 0 spiro atoms. The van der Waals surface area contributed by atoms with E-state index in [2.05, 4.69) is 4.98 Å². The van der Waals surface area contributed by atoms with Crippen LogP contribution >= 0.6 is 11.8 Å². The molecule has 118 valence electrons. The molecule has 1 atom stereocenters. The molecule has 2 rings (SSSR count). The smallest absolute Gasteiger partial charge is 0.369 e. The van der Waals surface area contributed by atoms with Gasteiger partial charge in [-0.2, -0.15) is 18.4 Å². The molecule has 2 N–H and O–H groups in total. The fourth-order valence-electron chi connectivity index (χ4n) is 2.57. The molecule has 1 aliphatic rings. The number of thioether (sulfide) groups is 1. The number of carbonyl (C=O) groups excluding carboxylic acids is 1. The molecule has 1 aromatic rings. The summed E-state index contributed by atoms with van der Waals surface area (Å²) in [7, 11) is 0. The van der Waals surface area contributed by atoms with Crippen molar-refractivity contribution in [3.05, 3.63) is 22.4 Å². The topological polar surface area (TPSA) is 79.8 Å². The van der Waals surface area contributed by atoms with E-state index in [9.17, 15) is 23.2 Å². The molecule has 1 heterocycles. The fraction of sp³-hybridized carbons (Fsp3) is 0.500. The Morgan fingerprint density at radius 1 is 1.55 bits per heavy atom. The number of hydrogen-bond donors (Lipinski definition) is 1. The molecule has 1 aromatic heterocycles. The summed E-state index contributed by atoms with van der Waals surface area (Å²) in [5.74, 6) is -0.768. The highest BCUT2D eigenvalue weighted by Crippen LogP contribution is 2.41. The molecule has 0 bridgehead atoms. The quantitative estimate of drug-likeness (QED) is 0.865. The molecule has 0 radical (unpaired) electrons. The van der Waals surface area contributed by atoms with Gasteiger partial charge >= 0.3 is 6.18 Å². The van der Waals surface area contributed by atoms with Crippen molar-refractivity contribution < 1.29 is 18.0 Å². The molecule has 0 saturated heterocycles. The van der Waals surface area contributed by atoms with E-state index in [-0.39, 0.29) is 28.7 Å². The zero-order valence-electron chi connectivity index (χ0n) is 11.8. The highest BCUT2D eigenvalue weighted by atomic mass is 32.2. The number of amides is 1. The van der Waals surface area contributed by atoms with E-state index in [1.807, 2.05) is 6.92 Å². The summed E-state index contributed by atoms with van der Waals surface area (Å²) in [5.41, 5.74) is 4.10. The Morgan fingerprint density at radius 3 is 2.77 bits per heavy atom. The zero-order valence-corrected chi connectivity index (χ0v) is 12.6. The predicted molar refractivity (Wildman–Crippen MR) is 75.1 cm³/mol. The molecular weight excluding hydrogens is 315 g/mol. The number of hydrogen-bond acceptors (Lipinski definition) is 4. The van der Waals surface area contributed by atoms with E-state index in [1.54, 1.807) is 6.07 Å². The minimum absolute atomic E-state index is 0.0677. The molecule has 1 amide bonds. The van der Waals surface area contributed by atoms with Gasteiger partial charge in [0, 0.05) is 5.69 Å². The van der Waals surface area contributed by atoms with Crippen LogP contribution in [0.15, 0.2) is 5.03 Å². The monoisotopic (exact) mass is 329 g/mol. The van der Waals surface area contributed by atoms with E-state index in [0.717, 1.165) is 18.2 Å². The standard InChI is InChI=1S/C14H14F3N3OS/c1-7-2-3-10-8(4-7)12(14(15,16)17)9(5-18)13(20-10)22-6-11(19)21/h7H,2-4,6H2,1H3,(H2,19,21)/t7-/m0/s1. The maximum absolute atomic E-state index is 13.4. The van der Waals surface area contributed by atoms with E-state index in [1.165, 1.54) is 0 Å². The summed E-state index contributed by atoms with van der Waals surface area (Å²) in [5, 5.41) is 9.11. The highest BCUT2D eigenvalue weighted by Gasteiger charge is 2.40. The van der Waals surface area contributed by atoms with Crippen molar-refractivity contribution in [2.75, 3.05) is 5.75 Å². The minimum atomic E-state index is -4.63. The maximum Gasteiger partial charge on any atom is 0.418 e. The molecule has 0 saturated carbocycles. The number of nitrogens with zero attached hydrogens (tertiary/aromatic N) is 2. The summed E-state index contributed by atoms with van der Waals surface area (Å²) in [4.78, 5) is 15.1. The second kappa shape index (κ2) is 6.16. The average Bonchev–Trinajstić information content (AvgIpc) is 2.42. The summed E-state index contributed by atoms with van der Waals surface area (Å²) >= 11 is 0.775. The van der Waals surface area contributed by atoms with Crippen molar-refractivity contribution in [2.24, 2.45) is 11.7 Å². The van der Waals surface area contributed by atoms with Crippen LogP contribution in [0, 0.1) is 17.2 Å². The van der Waals surface area contributed by atoms with E-state index in [0.29, 0.717) is 12.1 Å². The third-order valence-corrected chi connectivity index (χ3v) is 4.52. The number of primary amides is 1. The van der Waals surface area contributed by atoms with Gasteiger partial charge in [-0.3, -0.25) is 4.79 Å². The zero-order chi connectivity index (χ0) is 16.5. The van der Waals surface area contributed by atoms with E-state index < -0.39 is 23.2 Å². The third-order valence-electron chi connectivity index (χ3n) is 3.52. The Balaban J connectivity index is 2.63. The number of pyridine rings is 1. The third kappa shape index (κ3) is 3.35. The lowest BCUT2D eigenvalue weighted by molar-refractivity contribution is -0.138. The fourth-order valence-corrected chi connectivity index (χ4v) is 3.31. The first-order valence-electron chi connectivity index (χ1n) is 6.68. The van der Waals surface area contributed by atoms with Gasteiger partial charge in [-0.15, -0.1) is 0 Å². The van der Waals surface area contributed by atoms with Crippen molar-refractivity contribution in [3.63, 3.8) is 0 Å². The van der Waals surface area contributed by atoms with Crippen LogP contribution in [0.5, 0.6) is 0 Å². The lowest BCUT2D eigenvalue weighted by atomic mass is 9.84. The summed E-state index contributed by atoms with van der Waals surface area (Å²) in [6.45, 7) is 1.88. The lowest BCUT2D eigenvalue weighted by Crippen LogP contribution is -2.22. The number of carbonyl (C=O) groups is 1. The second-order valence-corrected chi connectivity index (χ2v) is 6.27. The maximum atomic E-state index is 13.4. The van der Waals surface area contributed by atoms with Crippen LogP contribution in [0.25, 0.3) is 0 Å². The number of aromatic nitrogens is 1. The molecule has 1 aliphatic carbocycles. The normalized spacial score (nSPS) is 17.7. The molecule has 22 heavy (non-hydrogen) atoms. The number of fused-ring (bicyclic) bond motifs is 1. The number of aryl methyl sites for hydroxylation is 1. The number of nitriles is 1. The van der Waals surface area contributed by atoms with Gasteiger partial charge < -0.3 is 5.73 Å². The van der Waals surface area contributed by atoms with Gasteiger partial charge in [0.25, 0.3) is 0 Å². The van der Waals surface area contributed by atoms with Crippen molar-refractivity contribution in [3.8, 4) is 6.07 Å². The second-order valence-electron chi connectivity index (χ2n) is 5.30. The van der Waals surface area contributed by atoms with Gasteiger partial charge in [-0.1, -0.05) is 18.7 Å². The first kappa shape index (κ1) is 16.6. The Kier molecular flexibility index (Phi) is 4.66. The SMILES string of the molecule is C[C@H]1CCc2nc(SCC(N)=O)c(C#N)c(C(F)(F)F)c2C1. The van der Waals surface area contributed by atoms with Crippen LogP contribution in [0.4, 0.5) is 13.2 Å². The van der Waals surface area contributed by atoms with Crippen LogP contribution in [0.2, 0.25) is 0 Å². The number of halogens is 3. The molecule has 8 heteroatoms. The number of nitrogens with two attached hydrogens (primary N) is 1. The van der Waals surface area contributed by atoms with Gasteiger partial charge in [-0.05, 0) is 30.7 Å². The average molecular weight is 329 g/mol. The van der Waals surface area contributed by atoms with Crippen molar-refractivity contribution in [1.29, 1.82) is 5.26 Å². The Hall–Kier alpha value is -1.75. The van der Waals surface area contributed by atoms with Crippen molar-refractivity contribution in [2.45, 2.75) is 37.4 Å². The largest absolute Gasteiger partial charge is 0.418 e. The first-order valence-corrected chi connectivity index (χ1v) is 7.66. The van der Waals surface area contributed by atoms with Crippen LogP contribution in [-0.2, 0) is 23.8 Å². The minimum Gasteiger partial charge on any atom is -0.369 e. The van der Waals surface area contributed by atoms with Crippen LogP contribution in [0.3, 0.4) is 0 Å².